The van der Waals surface area contributed by atoms with Crippen LogP contribution in [0.2, 0.25) is 0 Å². The van der Waals surface area contributed by atoms with E-state index in [4.69, 9.17) is 5.73 Å². The van der Waals surface area contributed by atoms with Crippen molar-refractivity contribution in [1.29, 1.82) is 0 Å². The van der Waals surface area contributed by atoms with Crippen molar-refractivity contribution in [3.05, 3.63) is 48.0 Å². The first-order valence-electron chi connectivity index (χ1n) is 7.67. The summed E-state index contributed by atoms with van der Waals surface area (Å²) in [6.07, 6.45) is 2.40. The van der Waals surface area contributed by atoms with E-state index in [1.165, 1.54) is 0 Å². The smallest absolute Gasteiger partial charge is 0.268 e. The van der Waals surface area contributed by atoms with Gasteiger partial charge in [0.15, 0.2) is 0 Å². The Balaban J connectivity index is 1.59. The van der Waals surface area contributed by atoms with Crippen LogP contribution in [0.5, 0.6) is 0 Å². The van der Waals surface area contributed by atoms with Crippen molar-refractivity contribution >= 4 is 11.9 Å². The van der Waals surface area contributed by atoms with E-state index >= 15 is 0 Å². The van der Waals surface area contributed by atoms with Gasteiger partial charge in [-0.05, 0) is 22.6 Å². The predicted molar refractivity (Wildman–Crippen MR) is 85.8 cm³/mol. The number of tetrazole rings is 1. The van der Waals surface area contributed by atoms with E-state index < -0.39 is 5.91 Å². The lowest BCUT2D eigenvalue weighted by Gasteiger charge is -2.20. The number of nitrogens with zero attached hydrogens (tertiary/aromatic N) is 7. The summed E-state index contributed by atoms with van der Waals surface area (Å²) in [6, 6.07) is 9.77. The van der Waals surface area contributed by atoms with Crippen LogP contribution in [0.3, 0.4) is 0 Å². The Morgan fingerprint density at radius 3 is 2.75 bits per heavy atom. The predicted octanol–water partition coefficient (Wildman–Crippen LogP) is 0.0204. The number of para-hydroxylation sites is 1. The minimum Gasteiger partial charge on any atom is -0.364 e. The number of carbonyl (C=O) groups is 1. The number of anilines is 1. The Hall–Kier alpha value is -3.23. The number of rotatable bonds is 3. The fourth-order valence-electron chi connectivity index (χ4n) is 2.86. The standard InChI is InChI=1S/C15H16N8O/c16-14(24)12-10-22-9-8-21(7-6-13(22)17-12)15-18-19-20-23(15)11-4-2-1-3-5-11/h1-5,10H,6-9H2,(H2,16,24). The molecule has 0 aliphatic carbocycles. The first kappa shape index (κ1) is 14.4. The number of hydrogen-bond donors (Lipinski definition) is 1. The van der Waals surface area contributed by atoms with Gasteiger partial charge in [0.05, 0.1) is 5.69 Å². The molecule has 0 bridgehead atoms. The van der Waals surface area contributed by atoms with E-state index in [9.17, 15) is 4.79 Å². The molecule has 1 amide bonds. The second kappa shape index (κ2) is 5.76. The third-order valence-electron chi connectivity index (χ3n) is 4.06. The molecule has 0 fully saturated rings. The van der Waals surface area contributed by atoms with Crippen molar-refractivity contribution in [2.45, 2.75) is 13.0 Å². The molecule has 2 N–H and O–H groups in total. The van der Waals surface area contributed by atoms with Crippen LogP contribution < -0.4 is 10.6 Å². The molecular weight excluding hydrogens is 308 g/mol. The number of nitrogens with two attached hydrogens (primary N) is 1. The summed E-state index contributed by atoms with van der Waals surface area (Å²) in [5, 5.41) is 12.1. The van der Waals surface area contributed by atoms with Gasteiger partial charge in [-0.25, -0.2) is 4.98 Å². The maximum atomic E-state index is 11.3. The highest BCUT2D eigenvalue weighted by atomic mass is 16.1. The Morgan fingerprint density at radius 2 is 1.96 bits per heavy atom. The molecule has 0 radical (unpaired) electrons. The van der Waals surface area contributed by atoms with E-state index in [0.29, 0.717) is 31.2 Å². The molecule has 1 aromatic carbocycles. The van der Waals surface area contributed by atoms with Crippen LogP contribution in [0.25, 0.3) is 5.69 Å². The average molecular weight is 324 g/mol. The van der Waals surface area contributed by atoms with Gasteiger partial charge < -0.3 is 15.2 Å². The molecule has 0 saturated heterocycles. The number of imidazole rings is 1. The van der Waals surface area contributed by atoms with Crippen molar-refractivity contribution in [3.8, 4) is 5.69 Å². The van der Waals surface area contributed by atoms with Gasteiger partial charge in [-0.2, -0.15) is 4.68 Å². The molecule has 1 aliphatic rings. The number of aromatic nitrogens is 6. The molecule has 3 heterocycles. The topological polar surface area (TPSA) is 108 Å². The lowest BCUT2D eigenvalue weighted by Crippen LogP contribution is -2.29. The molecular formula is C15H16N8O. The first-order valence-corrected chi connectivity index (χ1v) is 7.67. The number of benzene rings is 1. The lowest BCUT2D eigenvalue weighted by atomic mass is 10.3. The summed E-state index contributed by atoms with van der Waals surface area (Å²) in [5.41, 5.74) is 6.52. The molecule has 3 aromatic rings. The van der Waals surface area contributed by atoms with Gasteiger partial charge in [-0.3, -0.25) is 4.79 Å². The second-order valence-electron chi connectivity index (χ2n) is 5.56. The first-order chi connectivity index (χ1) is 11.7. The molecule has 0 unspecified atom stereocenters. The highest BCUT2D eigenvalue weighted by Gasteiger charge is 2.22. The van der Waals surface area contributed by atoms with Crippen molar-refractivity contribution in [3.63, 3.8) is 0 Å². The quantitative estimate of drug-likeness (QED) is 0.728. The molecule has 9 nitrogen and oxygen atoms in total. The highest BCUT2D eigenvalue weighted by Crippen LogP contribution is 2.18. The summed E-state index contributed by atoms with van der Waals surface area (Å²) < 4.78 is 3.69. The van der Waals surface area contributed by atoms with Crippen LogP contribution in [0.15, 0.2) is 36.5 Å². The number of primary amides is 1. The summed E-state index contributed by atoms with van der Waals surface area (Å²) in [7, 11) is 0. The zero-order valence-electron chi connectivity index (χ0n) is 12.9. The minimum absolute atomic E-state index is 0.313. The van der Waals surface area contributed by atoms with Gasteiger partial charge in [0, 0.05) is 32.3 Å². The van der Waals surface area contributed by atoms with E-state index in [1.54, 1.807) is 10.9 Å². The molecule has 0 atom stereocenters. The minimum atomic E-state index is -0.500. The Morgan fingerprint density at radius 1 is 1.12 bits per heavy atom. The van der Waals surface area contributed by atoms with Crippen molar-refractivity contribution in [2.24, 2.45) is 5.73 Å². The van der Waals surface area contributed by atoms with Gasteiger partial charge in [-0.1, -0.05) is 23.3 Å². The molecule has 1 aliphatic heterocycles. The highest BCUT2D eigenvalue weighted by molar-refractivity contribution is 5.90. The van der Waals surface area contributed by atoms with Gasteiger partial charge in [0.25, 0.3) is 5.91 Å². The van der Waals surface area contributed by atoms with Gasteiger partial charge in [-0.15, -0.1) is 0 Å². The Kier molecular flexibility index (Phi) is 3.45. The normalized spacial score (nSPS) is 14.2. The van der Waals surface area contributed by atoms with Gasteiger partial charge in [0.2, 0.25) is 5.95 Å². The zero-order valence-corrected chi connectivity index (χ0v) is 12.9. The van der Waals surface area contributed by atoms with Gasteiger partial charge in [0.1, 0.15) is 11.5 Å². The lowest BCUT2D eigenvalue weighted by molar-refractivity contribution is 0.0996. The Labute approximate surface area is 137 Å². The average Bonchev–Trinajstić information content (AvgIpc) is 3.20. The van der Waals surface area contributed by atoms with Crippen LogP contribution in [0, 0.1) is 0 Å². The largest absolute Gasteiger partial charge is 0.364 e. The van der Waals surface area contributed by atoms with Crippen molar-refractivity contribution in [1.82, 2.24) is 29.8 Å². The molecule has 24 heavy (non-hydrogen) atoms. The van der Waals surface area contributed by atoms with Crippen LogP contribution in [0.4, 0.5) is 5.95 Å². The molecule has 9 heteroatoms. The van der Waals surface area contributed by atoms with Crippen LogP contribution in [-0.2, 0) is 13.0 Å². The number of carbonyl (C=O) groups excluding carboxylic acids is 1. The monoisotopic (exact) mass is 324 g/mol. The maximum absolute atomic E-state index is 11.3. The number of hydrogen-bond acceptors (Lipinski definition) is 6. The summed E-state index contributed by atoms with van der Waals surface area (Å²) in [4.78, 5) is 17.7. The van der Waals surface area contributed by atoms with E-state index in [-0.39, 0.29) is 0 Å². The van der Waals surface area contributed by atoms with Crippen molar-refractivity contribution < 1.29 is 4.79 Å². The molecule has 0 saturated carbocycles. The summed E-state index contributed by atoms with van der Waals surface area (Å²) in [6.45, 7) is 2.12. The second-order valence-corrected chi connectivity index (χ2v) is 5.56. The maximum Gasteiger partial charge on any atom is 0.268 e. The van der Waals surface area contributed by atoms with Gasteiger partial charge >= 0.3 is 0 Å². The van der Waals surface area contributed by atoms with Crippen molar-refractivity contribution in [2.75, 3.05) is 18.0 Å². The third-order valence-corrected chi connectivity index (χ3v) is 4.06. The molecule has 4 rings (SSSR count). The molecule has 122 valence electrons. The fraction of sp³-hybridized carbons (Fsp3) is 0.267. The zero-order chi connectivity index (χ0) is 16.5. The molecule has 0 spiro atoms. The van der Waals surface area contributed by atoms with E-state index in [1.807, 2.05) is 34.9 Å². The summed E-state index contributed by atoms with van der Waals surface area (Å²) in [5.74, 6) is 1.05. The molecule has 2 aromatic heterocycles. The van der Waals surface area contributed by atoms with Crippen LogP contribution in [-0.4, -0.2) is 48.8 Å². The van der Waals surface area contributed by atoms with E-state index in [2.05, 4.69) is 25.4 Å². The SMILES string of the molecule is NC(=O)c1cn2c(n1)CCN(c1nnnn1-c1ccccc1)CC2. The van der Waals surface area contributed by atoms with Crippen LogP contribution >= 0.6 is 0 Å². The Bertz CT molecular complexity index is 843. The van der Waals surface area contributed by atoms with Crippen LogP contribution in [0.1, 0.15) is 16.3 Å². The summed E-state index contributed by atoms with van der Waals surface area (Å²) >= 11 is 0. The number of fused-ring (bicyclic) bond motifs is 1. The fourth-order valence-corrected chi connectivity index (χ4v) is 2.86. The van der Waals surface area contributed by atoms with E-state index in [0.717, 1.165) is 18.1 Å². The third kappa shape index (κ3) is 2.49. The number of amides is 1.